The molecule has 0 radical (unpaired) electrons. The van der Waals surface area contributed by atoms with Crippen LogP contribution >= 0.6 is 11.8 Å². The van der Waals surface area contributed by atoms with E-state index in [9.17, 15) is 23.7 Å². The van der Waals surface area contributed by atoms with Crippen molar-refractivity contribution < 1.29 is 28.0 Å². The van der Waals surface area contributed by atoms with Crippen molar-refractivity contribution in [1.29, 1.82) is 0 Å². The molecule has 11 heteroatoms. The SMILES string of the molecule is CCC1SC(=O)N(Cc2ccc([N+](=O)[O-])cc2)N=C1c1ccc(OC)c(OC(F)F)c1. The van der Waals surface area contributed by atoms with Crippen LogP contribution in [-0.2, 0) is 6.54 Å². The van der Waals surface area contributed by atoms with Gasteiger partial charge in [-0.2, -0.15) is 13.9 Å². The number of halogens is 2. The van der Waals surface area contributed by atoms with Crippen molar-refractivity contribution in [1.82, 2.24) is 5.01 Å². The molecule has 1 atom stereocenters. The molecule has 1 heterocycles. The molecule has 0 saturated carbocycles. The number of amides is 1. The van der Waals surface area contributed by atoms with Crippen LogP contribution in [0.5, 0.6) is 11.5 Å². The van der Waals surface area contributed by atoms with E-state index in [-0.39, 0.29) is 34.2 Å². The fraction of sp³-hybridized carbons (Fsp3) is 0.300. The van der Waals surface area contributed by atoms with Crippen molar-refractivity contribution in [3.05, 3.63) is 63.7 Å². The zero-order valence-electron chi connectivity index (χ0n) is 16.7. The second kappa shape index (κ2) is 9.73. The number of rotatable bonds is 8. The molecular weight excluding hydrogens is 432 g/mol. The number of carbonyl (C=O) groups is 1. The largest absolute Gasteiger partial charge is 0.493 e. The summed E-state index contributed by atoms with van der Waals surface area (Å²) in [5, 5.41) is 16.0. The zero-order chi connectivity index (χ0) is 22.5. The Morgan fingerprint density at radius 3 is 2.52 bits per heavy atom. The van der Waals surface area contributed by atoms with Gasteiger partial charge in [-0.15, -0.1) is 0 Å². The first-order valence-corrected chi connectivity index (χ1v) is 10.1. The Morgan fingerprint density at radius 2 is 1.94 bits per heavy atom. The van der Waals surface area contributed by atoms with Gasteiger partial charge in [0.2, 0.25) is 0 Å². The average Bonchev–Trinajstić information content (AvgIpc) is 2.74. The van der Waals surface area contributed by atoms with Gasteiger partial charge in [0.1, 0.15) is 0 Å². The van der Waals surface area contributed by atoms with Gasteiger partial charge in [-0.25, -0.2) is 5.01 Å². The van der Waals surface area contributed by atoms with Gasteiger partial charge >= 0.3 is 11.9 Å². The lowest BCUT2D eigenvalue weighted by Crippen LogP contribution is -2.34. The number of hydrogen-bond donors (Lipinski definition) is 0. The van der Waals surface area contributed by atoms with E-state index < -0.39 is 11.5 Å². The summed E-state index contributed by atoms with van der Waals surface area (Å²) in [5.74, 6) is 0.0244. The minimum atomic E-state index is -3.02. The van der Waals surface area contributed by atoms with Crippen LogP contribution in [0.2, 0.25) is 0 Å². The number of methoxy groups -OCH3 is 1. The van der Waals surface area contributed by atoms with Crippen LogP contribution in [0.1, 0.15) is 24.5 Å². The highest BCUT2D eigenvalue weighted by Crippen LogP contribution is 2.34. The molecule has 2 aromatic rings. The van der Waals surface area contributed by atoms with E-state index in [4.69, 9.17) is 4.74 Å². The first kappa shape index (κ1) is 22.5. The topological polar surface area (TPSA) is 94.3 Å². The smallest absolute Gasteiger partial charge is 0.387 e. The minimum absolute atomic E-state index is 0.0527. The Kier molecular flexibility index (Phi) is 7.06. The Bertz CT molecular complexity index is 1000. The molecular formula is C20H19F2N3O5S. The maximum atomic E-state index is 12.8. The first-order chi connectivity index (χ1) is 14.8. The molecule has 8 nitrogen and oxygen atoms in total. The predicted octanol–water partition coefficient (Wildman–Crippen LogP) is 5.06. The standard InChI is InChI=1S/C20H19F2N3O5S/c1-3-17-18(13-6-9-15(29-2)16(10-13)30-19(21)22)23-24(20(26)31-17)11-12-4-7-14(8-5-12)25(27)28/h4-10,17,19H,3,11H2,1-2H3. The lowest BCUT2D eigenvalue weighted by atomic mass is 10.0. The van der Waals surface area contributed by atoms with Crippen molar-refractivity contribution >= 4 is 28.4 Å². The molecule has 1 unspecified atom stereocenters. The van der Waals surface area contributed by atoms with Crippen LogP contribution in [0.4, 0.5) is 19.3 Å². The Hall–Kier alpha value is -3.21. The fourth-order valence-electron chi connectivity index (χ4n) is 3.01. The monoisotopic (exact) mass is 451 g/mol. The summed E-state index contributed by atoms with van der Waals surface area (Å²) in [6, 6.07) is 10.4. The van der Waals surface area contributed by atoms with Gasteiger partial charge in [-0.1, -0.05) is 30.8 Å². The third-order valence-corrected chi connectivity index (χ3v) is 5.77. The molecule has 164 valence electrons. The van der Waals surface area contributed by atoms with Crippen LogP contribution in [-0.4, -0.2) is 39.9 Å². The number of non-ortho nitro benzene ring substituents is 1. The third-order valence-electron chi connectivity index (χ3n) is 4.51. The molecule has 0 fully saturated rings. The fourth-order valence-corrected chi connectivity index (χ4v) is 3.95. The number of ether oxygens (including phenoxy) is 2. The number of nitro groups is 1. The van der Waals surface area contributed by atoms with Gasteiger partial charge in [0.15, 0.2) is 11.5 Å². The zero-order valence-corrected chi connectivity index (χ0v) is 17.5. The summed E-state index contributed by atoms with van der Waals surface area (Å²) in [6.45, 7) is -1.01. The van der Waals surface area contributed by atoms with E-state index in [1.54, 1.807) is 18.2 Å². The highest BCUT2D eigenvalue weighted by atomic mass is 32.2. The average molecular weight is 451 g/mol. The van der Waals surface area contributed by atoms with E-state index in [2.05, 4.69) is 9.84 Å². The summed E-state index contributed by atoms with van der Waals surface area (Å²) >= 11 is 1.08. The second-order valence-corrected chi connectivity index (χ2v) is 7.65. The number of nitro benzene ring substituents is 1. The van der Waals surface area contributed by atoms with Gasteiger partial charge in [0, 0.05) is 17.7 Å². The Labute approximate surface area is 181 Å². The van der Waals surface area contributed by atoms with E-state index in [0.29, 0.717) is 23.3 Å². The molecule has 1 amide bonds. The third kappa shape index (κ3) is 5.29. The molecule has 0 aliphatic carbocycles. The van der Waals surface area contributed by atoms with Crippen molar-refractivity contribution in [2.45, 2.75) is 31.8 Å². The maximum Gasteiger partial charge on any atom is 0.387 e. The molecule has 0 saturated heterocycles. The highest BCUT2D eigenvalue weighted by molar-refractivity contribution is 8.14. The van der Waals surface area contributed by atoms with E-state index >= 15 is 0 Å². The quantitative estimate of drug-likeness (QED) is 0.411. The number of nitrogens with zero attached hydrogens (tertiary/aromatic N) is 3. The summed E-state index contributed by atoms with van der Waals surface area (Å²) in [6.07, 6.45) is 0.595. The number of carbonyl (C=O) groups excluding carboxylic acids is 1. The lowest BCUT2D eigenvalue weighted by molar-refractivity contribution is -0.384. The van der Waals surface area contributed by atoms with Crippen LogP contribution in [0.15, 0.2) is 47.6 Å². The van der Waals surface area contributed by atoms with Gasteiger partial charge < -0.3 is 9.47 Å². The number of benzene rings is 2. The lowest BCUT2D eigenvalue weighted by Gasteiger charge is -2.28. The molecule has 1 aliphatic heterocycles. The molecule has 1 aliphatic rings. The maximum absolute atomic E-state index is 12.8. The van der Waals surface area contributed by atoms with E-state index in [1.165, 1.54) is 36.4 Å². The highest BCUT2D eigenvalue weighted by Gasteiger charge is 2.31. The van der Waals surface area contributed by atoms with Crippen LogP contribution in [0, 0.1) is 10.1 Å². The summed E-state index contributed by atoms with van der Waals surface area (Å²) in [4.78, 5) is 22.9. The molecule has 2 aromatic carbocycles. The number of alkyl halides is 2. The number of hydrazone groups is 1. The summed E-state index contributed by atoms with van der Waals surface area (Å²) in [5.41, 5.74) is 1.67. The molecule has 3 rings (SSSR count). The Balaban J connectivity index is 1.93. The van der Waals surface area contributed by atoms with Crippen LogP contribution < -0.4 is 9.47 Å². The first-order valence-electron chi connectivity index (χ1n) is 9.25. The Morgan fingerprint density at radius 1 is 1.23 bits per heavy atom. The second-order valence-electron chi connectivity index (χ2n) is 6.49. The van der Waals surface area contributed by atoms with E-state index in [1.807, 2.05) is 6.92 Å². The summed E-state index contributed by atoms with van der Waals surface area (Å²) < 4.78 is 35.2. The summed E-state index contributed by atoms with van der Waals surface area (Å²) in [7, 11) is 1.35. The van der Waals surface area contributed by atoms with Gasteiger partial charge in [-0.3, -0.25) is 14.9 Å². The normalized spacial score (nSPS) is 16.3. The van der Waals surface area contributed by atoms with E-state index in [0.717, 1.165) is 11.8 Å². The molecule has 0 bridgehead atoms. The number of thioether (sulfide) groups is 1. The molecule has 0 spiro atoms. The van der Waals surface area contributed by atoms with Crippen molar-refractivity contribution in [3.63, 3.8) is 0 Å². The van der Waals surface area contributed by atoms with Gasteiger partial charge in [0.05, 0.1) is 29.5 Å². The predicted molar refractivity (Wildman–Crippen MR) is 112 cm³/mol. The van der Waals surface area contributed by atoms with Crippen LogP contribution in [0.3, 0.4) is 0 Å². The molecule has 0 aromatic heterocycles. The molecule has 0 N–H and O–H groups in total. The van der Waals surface area contributed by atoms with Crippen LogP contribution in [0.25, 0.3) is 0 Å². The van der Waals surface area contributed by atoms with Gasteiger partial charge in [-0.05, 0) is 30.2 Å². The van der Waals surface area contributed by atoms with Gasteiger partial charge in [0.25, 0.3) is 5.69 Å². The minimum Gasteiger partial charge on any atom is -0.493 e. The molecule has 31 heavy (non-hydrogen) atoms. The van der Waals surface area contributed by atoms with Crippen molar-refractivity contribution in [2.75, 3.05) is 7.11 Å². The number of hydrogen-bond acceptors (Lipinski definition) is 7. The van der Waals surface area contributed by atoms with Crippen molar-refractivity contribution in [3.8, 4) is 11.5 Å². The van der Waals surface area contributed by atoms with Crippen molar-refractivity contribution in [2.24, 2.45) is 5.10 Å².